The third-order valence-electron chi connectivity index (χ3n) is 5.06. The Morgan fingerprint density at radius 1 is 1.33 bits per heavy atom. The van der Waals surface area contributed by atoms with Crippen molar-refractivity contribution < 1.29 is 4.79 Å². The van der Waals surface area contributed by atoms with Gasteiger partial charge in [0.1, 0.15) is 0 Å². The lowest BCUT2D eigenvalue weighted by molar-refractivity contribution is -0.124. The first kappa shape index (κ1) is 12.9. The minimum absolute atomic E-state index is 0.215. The number of hydrogen-bond acceptors (Lipinski definition) is 2. The molecule has 0 aromatic carbocycles. The van der Waals surface area contributed by atoms with Gasteiger partial charge in [0.25, 0.3) is 0 Å². The molecule has 4 nitrogen and oxygen atoms in total. The van der Waals surface area contributed by atoms with Gasteiger partial charge in [0.15, 0.2) is 0 Å². The van der Waals surface area contributed by atoms with E-state index in [0.29, 0.717) is 11.8 Å². The van der Waals surface area contributed by atoms with Gasteiger partial charge < -0.3 is 15.0 Å². The Labute approximate surface area is 124 Å². The van der Waals surface area contributed by atoms with Crippen molar-refractivity contribution in [1.29, 1.82) is 0 Å². The van der Waals surface area contributed by atoms with E-state index in [1.54, 1.807) is 0 Å². The van der Waals surface area contributed by atoms with Gasteiger partial charge in [-0.3, -0.25) is 4.79 Å². The number of aromatic nitrogens is 1. The molecule has 2 N–H and O–H groups in total. The van der Waals surface area contributed by atoms with Gasteiger partial charge in [-0.1, -0.05) is 6.07 Å². The van der Waals surface area contributed by atoms with Crippen molar-refractivity contribution in [1.82, 2.24) is 15.0 Å². The second kappa shape index (κ2) is 4.34. The van der Waals surface area contributed by atoms with Gasteiger partial charge in [-0.25, -0.2) is 0 Å². The molecule has 0 bridgehead atoms. The van der Waals surface area contributed by atoms with E-state index in [1.807, 2.05) is 18.3 Å². The second-order valence-corrected chi connectivity index (χ2v) is 6.89. The fourth-order valence-electron chi connectivity index (χ4n) is 3.67. The zero-order chi connectivity index (χ0) is 14.6. The topological polar surface area (TPSA) is 45.5 Å². The summed E-state index contributed by atoms with van der Waals surface area (Å²) < 4.78 is 2.10. The van der Waals surface area contributed by atoms with Crippen LogP contribution < -0.4 is 10.6 Å². The highest BCUT2D eigenvalue weighted by Gasteiger charge is 2.57. The van der Waals surface area contributed by atoms with Crippen LogP contribution in [0.5, 0.6) is 0 Å². The van der Waals surface area contributed by atoms with Crippen LogP contribution in [0.15, 0.2) is 36.7 Å². The molecule has 0 radical (unpaired) electrons. The van der Waals surface area contributed by atoms with Crippen molar-refractivity contribution in [3.05, 3.63) is 42.2 Å². The smallest absolute Gasteiger partial charge is 0.224 e. The quantitative estimate of drug-likeness (QED) is 0.901. The molecule has 3 atom stereocenters. The minimum Gasteiger partial charge on any atom is -0.347 e. The van der Waals surface area contributed by atoms with Gasteiger partial charge in [0.2, 0.25) is 5.91 Å². The molecular weight excluding hydrogens is 262 g/mol. The predicted molar refractivity (Wildman–Crippen MR) is 81.9 cm³/mol. The Bertz CT molecular complexity index is 660. The van der Waals surface area contributed by atoms with Crippen molar-refractivity contribution >= 4 is 11.4 Å². The van der Waals surface area contributed by atoms with Crippen molar-refractivity contribution in [3.8, 4) is 0 Å². The molecule has 110 valence electrons. The highest BCUT2D eigenvalue weighted by Crippen LogP contribution is 2.49. The predicted octanol–water partition coefficient (Wildman–Crippen LogP) is 1.76. The van der Waals surface area contributed by atoms with E-state index in [-0.39, 0.29) is 17.4 Å². The maximum atomic E-state index is 12.5. The van der Waals surface area contributed by atoms with E-state index in [2.05, 4.69) is 47.2 Å². The number of pyridine rings is 1. The standard InChI is InChI=1S/C17H21N3O/c1-17(2,11-7-12-5-3-4-6-20(12)10-11)19-16(21)15-13-8-18-9-14(13)15/h3-7,10,13-15,18H,8-9H2,1-2H3,(H,19,21)/t13-,14+,15?. The van der Waals surface area contributed by atoms with E-state index in [9.17, 15) is 4.79 Å². The average molecular weight is 283 g/mol. The Kier molecular flexibility index (Phi) is 2.67. The van der Waals surface area contributed by atoms with E-state index in [4.69, 9.17) is 0 Å². The molecule has 2 aromatic rings. The highest BCUT2D eigenvalue weighted by atomic mass is 16.2. The van der Waals surface area contributed by atoms with Gasteiger partial charge >= 0.3 is 0 Å². The average Bonchev–Trinajstić information content (AvgIpc) is 2.82. The van der Waals surface area contributed by atoms with Crippen molar-refractivity contribution in [2.45, 2.75) is 19.4 Å². The lowest BCUT2D eigenvalue weighted by Gasteiger charge is -2.26. The van der Waals surface area contributed by atoms with Crippen molar-refractivity contribution in [2.75, 3.05) is 13.1 Å². The molecule has 3 heterocycles. The summed E-state index contributed by atoms with van der Waals surface area (Å²) in [5.74, 6) is 1.57. The minimum atomic E-state index is -0.340. The molecule has 21 heavy (non-hydrogen) atoms. The first-order chi connectivity index (χ1) is 10.1. The SMILES string of the molecule is CC(C)(NC(=O)C1[C@H]2CNC[C@@H]12)c1cc2ccccn2c1. The first-order valence-electron chi connectivity index (χ1n) is 7.66. The van der Waals surface area contributed by atoms with Crippen LogP contribution in [0.1, 0.15) is 19.4 Å². The molecule has 2 aromatic heterocycles. The fourth-order valence-corrected chi connectivity index (χ4v) is 3.67. The molecule has 2 fully saturated rings. The van der Waals surface area contributed by atoms with Gasteiger partial charge in [-0.15, -0.1) is 0 Å². The van der Waals surface area contributed by atoms with Crippen molar-refractivity contribution in [3.63, 3.8) is 0 Å². The van der Waals surface area contributed by atoms with E-state index in [0.717, 1.165) is 24.2 Å². The largest absolute Gasteiger partial charge is 0.347 e. The van der Waals surface area contributed by atoms with Gasteiger partial charge in [0.05, 0.1) is 5.54 Å². The Morgan fingerprint density at radius 3 is 2.81 bits per heavy atom. The summed E-state index contributed by atoms with van der Waals surface area (Å²) >= 11 is 0. The molecule has 1 unspecified atom stereocenters. The van der Waals surface area contributed by atoms with Crippen LogP contribution in [0.2, 0.25) is 0 Å². The van der Waals surface area contributed by atoms with Crippen LogP contribution in [0.3, 0.4) is 0 Å². The molecule has 1 aliphatic heterocycles. The molecular formula is C17H21N3O. The maximum absolute atomic E-state index is 12.5. The van der Waals surface area contributed by atoms with Crippen LogP contribution in [0, 0.1) is 17.8 Å². The van der Waals surface area contributed by atoms with Gasteiger partial charge in [-0.05, 0) is 62.5 Å². The van der Waals surface area contributed by atoms with Crippen LogP contribution in [0.4, 0.5) is 0 Å². The molecule has 1 aliphatic carbocycles. The third kappa shape index (κ3) is 2.05. The second-order valence-electron chi connectivity index (χ2n) is 6.89. The number of hydrogen-bond donors (Lipinski definition) is 2. The summed E-state index contributed by atoms with van der Waals surface area (Å²) in [6.07, 6.45) is 4.14. The summed E-state index contributed by atoms with van der Waals surface area (Å²) in [5.41, 5.74) is 1.96. The molecule has 1 saturated carbocycles. The summed E-state index contributed by atoms with van der Waals surface area (Å²) in [4.78, 5) is 12.5. The number of carbonyl (C=O) groups excluding carboxylic acids is 1. The summed E-state index contributed by atoms with van der Waals surface area (Å²) in [6, 6.07) is 8.28. The van der Waals surface area contributed by atoms with Gasteiger partial charge in [-0.2, -0.15) is 0 Å². The van der Waals surface area contributed by atoms with E-state index >= 15 is 0 Å². The summed E-state index contributed by atoms with van der Waals surface area (Å²) in [7, 11) is 0. The summed E-state index contributed by atoms with van der Waals surface area (Å²) in [5, 5.41) is 6.58. The number of nitrogens with zero attached hydrogens (tertiary/aromatic N) is 1. The third-order valence-corrected chi connectivity index (χ3v) is 5.06. The molecule has 1 amide bonds. The van der Waals surface area contributed by atoms with Crippen LogP contribution in [-0.4, -0.2) is 23.4 Å². The number of carbonyl (C=O) groups is 1. The number of amides is 1. The van der Waals surface area contributed by atoms with Crippen LogP contribution in [0.25, 0.3) is 5.52 Å². The van der Waals surface area contributed by atoms with E-state index < -0.39 is 0 Å². The number of nitrogens with one attached hydrogen (secondary N) is 2. The number of piperidine rings is 1. The number of rotatable bonds is 3. The molecule has 0 spiro atoms. The Hall–Kier alpha value is -1.81. The van der Waals surface area contributed by atoms with Crippen LogP contribution >= 0.6 is 0 Å². The van der Waals surface area contributed by atoms with E-state index in [1.165, 1.54) is 0 Å². The number of fused-ring (bicyclic) bond motifs is 2. The lowest BCUT2D eigenvalue weighted by Crippen LogP contribution is -2.42. The molecule has 4 rings (SSSR count). The molecule has 2 aliphatic rings. The zero-order valence-electron chi connectivity index (χ0n) is 12.5. The Balaban J connectivity index is 1.54. The lowest BCUT2D eigenvalue weighted by atomic mass is 9.96. The maximum Gasteiger partial charge on any atom is 0.224 e. The normalized spacial score (nSPS) is 27.6. The van der Waals surface area contributed by atoms with Gasteiger partial charge in [0, 0.05) is 23.8 Å². The van der Waals surface area contributed by atoms with Crippen LogP contribution in [-0.2, 0) is 10.3 Å². The molecule has 4 heteroatoms. The fraction of sp³-hybridized carbons (Fsp3) is 0.471. The summed E-state index contributed by atoms with van der Waals surface area (Å²) in [6.45, 7) is 6.16. The Morgan fingerprint density at radius 2 is 2.10 bits per heavy atom. The zero-order valence-corrected chi connectivity index (χ0v) is 12.5. The highest BCUT2D eigenvalue weighted by molar-refractivity contribution is 5.83. The first-order valence-corrected chi connectivity index (χ1v) is 7.66. The van der Waals surface area contributed by atoms with Crippen molar-refractivity contribution in [2.24, 2.45) is 17.8 Å². The monoisotopic (exact) mass is 283 g/mol. The molecule has 1 saturated heterocycles.